The van der Waals surface area contributed by atoms with Crippen LogP contribution in [-0.4, -0.2) is 17.0 Å². The summed E-state index contributed by atoms with van der Waals surface area (Å²) < 4.78 is 0. The monoisotopic (exact) mass is 168 g/mol. The number of aromatic nitrogens is 2. The first-order valence-corrected chi connectivity index (χ1v) is 3.26. The van der Waals surface area contributed by atoms with Crippen molar-refractivity contribution in [1.29, 1.82) is 5.26 Å². The van der Waals surface area contributed by atoms with Gasteiger partial charge in [0.2, 0.25) is 5.28 Å². The minimum Gasteiger partial charge on any atom is -0.372 e. The highest BCUT2D eigenvalue weighted by Crippen LogP contribution is 2.11. The average molecular weight is 169 g/mol. The predicted octanol–water partition coefficient (Wildman–Crippen LogP) is 1.04. The fourth-order valence-corrected chi connectivity index (χ4v) is 0.766. The van der Waals surface area contributed by atoms with Crippen molar-refractivity contribution in [2.75, 3.05) is 12.4 Å². The van der Waals surface area contributed by atoms with Crippen molar-refractivity contribution >= 4 is 17.4 Å². The van der Waals surface area contributed by atoms with Gasteiger partial charge in [0, 0.05) is 7.05 Å². The third kappa shape index (κ3) is 1.57. The van der Waals surface area contributed by atoms with Gasteiger partial charge in [0.25, 0.3) is 0 Å². The van der Waals surface area contributed by atoms with Gasteiger partial charge in [0.15, 0.2) is 0 Å². The fraction of sp³-hybridized carbons (Fsp3) is 0.167. The van der Waals surface area contributed by atoms with Crippen molar-refractivity contribution in [3.63, 3.8) is 0 Å². The number of nitrogens with one attached hydrogen (secondary N) is 1. The summed E-state index contributed by atoms with van der Waals surface area (Å²) in [5.41, 5.74) is 0.386. The van der Waals surface area contributed by atoms with E-state index in [-0.39, 0.29) is 5.28 Å². The SMILES string of the molecule is CNc1nc(Cl)ncc1C#N. The Hall–Kier alpha value is -1.34. The van der Waals surface area contributed by atoms with E-state index in [1.54, 1.807) is 7.05 Å². The maximum absolute atomic E-state index is 8.53. The van der Waals surface area contributed by atoms with Crippen LogP contribution in [0, 0.1) is 11.3 Å². The van der Waals surface area contributed by atoms with Crippen LogP contribution in [0.3, 0.4) is 0 Å². The molecule has 0 unspecified atom stereocenters. The Balaban J connectivity index is 3.19. The van der Waals surface area contributed by atoms with Gasteiger partial charge in [0.05, 0.1) is 6.20 Å². The van der Waals surface area contributed by atoms with Gasteiger partial charge < -0.3 is 5.32 Å². The number of hydrogen-bond acceptors (Lipinski definition) is 4. The highest BCUT2D eigenvalue weighted by atomic mass is 35.5. The largest absolute Gasteiger partial charge is 0.372 e. The summed E-state index contributed by atoms with van der Waals surface area (Å²) in [6, 6.07) is 1.93. The van der Waals surface area contributed by atoms with E-state index in [9.17, 15) is 0 Å². The minimum absolute atomic E-state index is 0.133. The van der Waals surface area contributed by atoms with Gasteiger partial charge in [-0.15, -0.1) is 0 Å². The summed E-state index contributed by atoms with van der Waals surface area (Å²) in [7, 11) is 1.67. The summed E-state index contributed by atoms with van der Waals surface area (Å²) >= 11 is 5.48. The van der Waals surface area contributed by atoms with Crippen LogP contribution in [0.15, 0.2) is 6.20 Å². The lowest BCUT2D eigenvalue weighted by Crippen LogP contribution is -1.97. The molecule has 0 saturated heterocycles. The van der Waals surface area contributed by atoms with Crippen LogP contribution < -0.4 is 5.32 Å². The van der Waals surface area contributed by atoms with E-state index < -0.39 is 0 Å². The average Bonchev–Trinajstić information content (AvgIpc) is 2.04. The summed E-state index contributed by atoms with van der Waals surface area (Å²) in [5, 5.41) is 11.4. The first kappa shape index (κ1) is 7.76. The molecule has 4 nitrogen and oxygen atoms in total. The molecular weight excluding hydrogens is 164 g/mol. The lowest BCUT2D eigenvalue weighted by atomic mass is 10.3. The summed E-state index contributed by atoms with van der Waals surface area (Å²) in [4.78, 5) is 7.43. The van der Waals surface area contributed by atoms with E-state index in [1.165, 1.54) is 6.20 Å². The van der Waals surface area contributed by atoms with Crippen molar-refractivity contribution in [1.82, 2.24) is 9.97 Å². The second kappa shape index (κ2) is 3.17. The van der Waals surface area contributed by atoms with Crippen LogP contribution in [0.4, 0.5) is 5.82 Å². The summed E-state index contributed by atoms with van der Waals surface area (Å²) in [6.45, 7) is 0. The molecule has 0 aliphatic rings. The van der Waals surface area contributed by atoms with E-state index >= 15 is 0 Å². The Morgan fingerprint density at radius 2 is 2.45 bits per heavy atom. The van der Waals surface area contributed by atoms with Crippen LogP contribution >= 0.6 is 11.6 Å². The maximum Gasteiger partial charge on any atom is 0.224 e. The quantitative estimate of drug-likeness (QED) is 0.637. The molecule has 5 heteroatoms. The Labute approximate surface area is 68.8 Å². The molecule has 0 amide bonds. The molecule has 1 rings (SSSR count). The number of anilines is 1. The minimum atomic E-state index is 0.133. The summed E-state index contributed by atoms with van der Waals surface area (Å²) in [6.07, 6.45) is 1.38. The van der Waals surface area contributed by atoms with E-state index in [1.807, 2.05) is 6.07 Å². The molecule has 0 aliphatic heterocycles. The van der Waals surface area contributed by atoms with E-state index in [0.717, 1.165) is 0 Å². The molecule has 0 fully saturated rings. The zero-order valence-electron chi connectivity index (χ0n) is 5.80. The zero-order valence-corrected chi connectivity index (χ0v) is 6.55. The summed E-state index contributed by atoms with van der Waals surface area (Å²) in [5.74, 6) is 0.451. The molecule has 0 aromatic carbocycles. The molecule has 0 atom stereocenters. The smallest absolute Gasteiger partial charge is 0.224 e. The van der Waals surface area contributed by atoms with E-state index in [4.69, 9.17) is 16.9 Å². The van der Waals surface area contributed by atoms with Crippen molar-refractivity contribution in [2.24, 2.45) is 0 Å². The number of hydrogen-bond donors (Lipinski definition) is 1. The maximum atomic E-state index is 8.53. The Bertz CT molecular complexity index is 304. The van der Waals surface area contributed by atoms with Gasteiger partial charge in [-0.2, -0.15) is 10.2 Å². The lowest BCUT2D eigenvalue weighted by Gasteiger charge is -1.99. The van der Waals surface area contributed by atoms with Gasteiger partial charge in [-0.25, -0.2) is 4.98 Å². The number of rotatable bonds is 1. The molecule has 1 N–H and O–H groups in total. The van der Waals surface area contributed by atoms with Gasteiger partial charge in [0.1, 0.15) is 17.5 Å². The second-order valence-corrected chi connectivity index (χ2v) is 2.10. The van der Waals surface area contributed by atoms with Crippen molar-refractivity contribution in [3.05, 3.63) is 17.0 Å². The van der Waals surface area contributed by atoms with Gasteiger partial charge >= 0.3 is 0 Å². The topological polar surface area (TPSA) is 61.6 Å². The predicted molar refractivity (Wildman–Crippen MR) is 41.3 cm³/mol. The van der Waals surface area contributed by atoms with E-state index in [2.05, 4.69) is 15.3 Å². The molecule has 1 aromatic heterocycles. The molecule has 11 heavy (non-hydrogen) atoms. The number of halogens is 1. The van der Waals surface area contributed by atoms with Crippen molar-refractivity contribution < 1.29 is 0 Å². The number of nitrogens with zero attached hydrogens (tertiary/aromatic N) is 3. The third-order valence-electron chi connectivity index (χ3n) is 1.12. The molecule has 1 heterocycles. The second-order valence-electron chi connectivity index (χ2n) is 1.76. The molecular formula is C6H5ClN4. The van der Waals surface area contributed by atoms with Crippen LogP contribution in [-0.2, 0) is 0 Å². The Morgan fingerprint density at radius 3 is 3.00 bits per heavy atom. The lowest BCUT2D eigenvalue weighted by molar-refractivity contribution is 1.14. The first-order chi connectivity index (χ1) is 5.27. The van der Waals surface area contributed by atoms with Crippen LogP contribution in [0.2, 0.25) is 5.28 Å². The van der Waals surface area contributed by atoms with Crippen molar-refractivity contribution in [2.45, 2.75) is 0 Å². The first-order valence-electron chi connectivity index (χ1n) is 2.88. The number of nitriles is 1. The normalized spacial score (nSPS) is 8.82. The highest BCUT2D eigenvalue weighted by molar-refractivity contribution is 6.28. The van der Waals surface area contributed by atoms with Gasteiger partial charge in [-0.1, -0.05) is 0 Å². The molecule has 0 spiro atoms. The molecule has 0 saturated carbocycles. The standard InChI is InChI=1S/C6H5ClN4/c1-9-5-4(2-8)3-10-6(7)11-5/h3H,1H3,(H,9,10,11). The Kier molecular flexibility index (Phi) is 2.24. The van der Waals surface area contributed by atoms with Crippen LogP contribution in [0.5, 0.6) is 0 Å². The molecule has 0 bridgehead atoms. The van der Waals surface area contributed by atoms with E-state index in [0.29, 0.717) is 11.4 Å². The Morgan fingerprint density at radius 1 is 1.73 bits per heavy atom. The van der Waals surface area contributed by atoms with Gasteiger partial charge in [-0.3, -0.25) is 0 Å². The molecule has 1 aromatic rings. The highest BCUT2D eigenvalue weighted by Gasteiger charge is 2.01. The molecule has 56 valence electrons. The third-order valence-corrected chi connectivity index (χ3v) is 1.30. The van der Waals surface area contributed by atoms with Gasteiger partial charge in [-0.05, 0) is 11.6 Å². The van der Waals surface area contributed by atoms with Crippen LogP contribution in [0.1, 0.15) is 5.56 Å². The fourth-order valence-electron chi connectivity index (χ4n) is 0.633. The van der Waals surface area contributed by atoms with Crippen molar-refractivity contribution in [3.8, 4) is 6.07 Å². The zero-order chi connectivity index (χ0) is 8.27. The molecule has 0 radical (unpaired) electrons. The van der Waals surface area contributed by atoms with Crippen LogP contribution in [0.25, 0.3) is 0 Å². The molecule has 0 aliphatic carbocycles.